The van der Waals surface area contributed by atoms with Crippen LogP contribution in [-0.2, 0) is 0 Å². The maximum absolute atomic E-state index is 13.5. The van der Waals surface area contributed by atoms with Crippen molar-refractivity contribution in [1.82, 2.24) is 30.2 Å². The van der Waals surface area contributed by atoms with Crippen LogP contribution in [0, 0.1) is 6.92 Å². The van der Waals surface area contributed by atoms with E-state index in [1.807, 2.05) is 17.9 Å². The minimum absolute atomic E-state index is 0.0406. The third kappa shape index (κ3) is 3.20. The highest BCUT2D eigenvalue weighted by atomic mass is 16.5. The molecular weight excluding hydrogens is 396 g/mol. The van der Waals surface area contributed by atoms with Gasteiger partial charge in [0.25, 0.3) is 11.6 Å². The number of pyridine rings is 1. The van der Waals surface area contributed by atoms with Crippen LogP contribution in [0.1, 0.15) is 65.2 Å². The molecule has 4 aromatic rings. The quantitative estimate of drug-likeness (QED) is 0.536. The number of amides is 1. The number of piperidine rings is 1. The maximum atomic E-state index is 13.5. The van der Waals surface area contributed by atoms with Crippen LogP contribution in [0.15, 0.2) is 33.4 Å². The normalized spacial score (nSPS) is 17.5. The van der Waals surface area contributed by atoms with Crippen molar-refractivity contribution in [2.75, 3.05) is 13.1 Å². The van der Waals surface area contributed by atoms with Gasteiger partial charge in [0.15, 0.2) is 11.6 Å². The molecule has 1 aliphatic carbocycles. The summed E-state index contributed by atoms with van der Waals surface area (Å²) in [6, 6.07) is 5.37. The first-order chi connectivity index (χ1) is 15.2. The minimum atomic E-state index is -0.0406. The molecule has 9 nitrogen and oxygen atoms in total. The lowest BCUT2D eigenvalue weighted by atomic mass is 9.95. The molecule has 0 atom stereocenters. The van der Waals surface area contributed by atoms with E-state index in [4.69, 9.17) is 13.9 Å². The Morgan fingerprint density at radius 2 is 2.00 bits per heavy atom. The molecule has 2 aliphatic rings. The first-order valence-corrected chi connectivity index (χ1v) is 10.7. The number of carbonyl (C=O) groups is 1. The fourth-order valence-corrected chi connectivity index (χ4v) is 4.33. The topological polar surface area (TPSA) is 114 Å². The van der Waals surface area contributed by atoms with Gasteiger partial charge in [-0.05, 0) is 50.8 Å². The Bertz CT molecular complexity index is 1250. The lowest BCUT2D eigenvalue weighted by molar-refractivity contribution is 0.0713. The van der Waals surface area contributed by atoms with Gasteiger partial charge in [0, 0.05) is 24.9 Å². The fourth-order valence-electron chi connectivity index (χ4n) is 4.33. The van der Waals surface area contributed by atoms with E-state index in [1.165, 1.54) is 12.8 Å². The molecule has 4 aromatic heterocycles. The lowest BCUT2D eigenvalue weighted by Crippen LogP contribution is -2.38. The van der Waals surface area contributed by atoms with Crippen LogP contribution in [0.25, 0.3) is 22.6 Å². The zero-order valence-electron chi connectivity index (χ0n) is 17.2. The van der Waals surface area contributed by atoms with Gasteiger partial charge in [-0.3, -0.25) is 9.89 Å². The van der Waals surface area contributed by atoms with Crippen molar-refractivity contribution in [3.8, 4) is 11.5 Å². The number of nitrogens with one attached hydrogen (secondary N) is 1. The number of aromatic nitrogens is 5. The summed E-state index contributed by atoms with van der Waals surface area (Å²) in [5.74, 6) is 3.28. The molecule has 31 heavy (non-hydrogen) atoms. The average Bonchev–Trinajstić information content (AvgIpc) is 3.20. The summed E-state index contributed by atoms with van der Waals surface area (Å²) in [5, 5.41) is 12.2. The number of carbonyl (C=O) groups excluding carboxylic acids is 1. The van der Waals surface area contributed by atoms with Crippen molar-refractivity contribution in [2.45, 2.75) is 44.4 Å². The van der Waals surface area contributed by atoms with E-state index in [0.717, 1.165) is 24.5 Å². The Hall–Kier alpha value is -3.49. The van der Waals surface area contributed by atoms with E-state index < -0.39 is 0 Å². The molecule has 1 amide bonds. The molecular formula is C22H22N6O3. The monoisotopic (exact) mass is 418 g/mol. The number of rotatable bonds is 4. The van der Waals surface area contributed by atoms with Gasteiger partial charge >= 0.3 is 0 Å². The molecule has 9 heteroatoms. The molecule has 0 bridgehead atoms. The zero-order chi connectivity index (χ0) is 20.9. The molecule has 5 heterocycles. The van der Waals surface area contributed by atoms with Gasteiger partial charge in [0.1, 0.15) is 11.5 Å². The SMILES string of the molecule is Cc1noc2nc(-c3ccco3)cc(C(=O)N3CCC(c4nc(C5CC5)n[nH]4)CC3)c12. The summed E-state index contributed by atoms with van der Waals surface area (Å²) in [6.07, 6.45) is 5.66. The maximum Gasteiger partial charge on any atom is 0.259 e. The molecule has 1 saturated heterocycles. The molecule has 1 aliphatic heterocycles. The first-order valence-electron chi connectivity index (χ1n) is 10.7. The standard InChI is InChI=1S/C22H22N6O3/c1-12-18-15(11-16(17-3-2-10-30-17)23-21(18)31-27-12)22(29)28-8-6-14(7-9-28)20-24-19(25-26-20)13-4-5-13/h2-3,10-11,13-14H,4-9H2,1H3,(H,24,25,26). The van der Waals surface area contributed by atoms with Gasteiger partial charge in [-0.2, -0.15) is 5.10 Å². The molecule has 0 radical (unpaired) electrons. The van der Waals surface area contributed by atoms with Crippen LogP contribution in [0.4, 0.5) is 0 Å². The van der Waals surface area contributed by atoms with Crippen LogP contribution < -0.4 is 0 Å². The van der Waals surface area contributed by atoms with E-state index in [1.54, 1.807) is 18.4 Å². The number of nitrogens with zero attached hydrogens (tertiary/aromatic N) is 5. The van der Waals surface area contributed by atoms with E-state index in [-0.39, 0.29) is 5.91 Å². The number of furan rings is 1. The molecule has 0 spiro atoms. The smallest absolute Gasteiger partial charge is 0.259 e. The molecule has 1 saturated carbocycles. The summed E-state index contributed by atoms with van der Waals surface area (Å²) in [4.78, 5) is 24.6. The van der Waals surface area contributed by atoms with Crippen molar-refractivity contribution in [2.24, 2.45) is 0 Å². The Balaban J connectivity index is 1.25. The van der Waals surface area contributed by atoms with Gasteiger partial charge in [-0.25, -0.2) is 9.97 Å². The second-order valence-electron chi connectivity index (χ2n) is 8.40. The van der Waals surface area contributed by atoms with Crippen molar-refractivity contribution >= 4 is 17.0 Å². The van der Waals surface area contributed by atoms with Gasteiger partial charge in [-0.15, -0.1) is 0 Å². The summed E-state index contributed by atoms with van der Waals surface area (Å²) in [6.45, 7) is 3.14. The van der Waals surface area contributed by atoms with Gasteiger partial charge in [0.05, 0.1) is 22.9 Å². The highest BCUT2D eigenvalue weighted by molar-refractivity contribution is 6.06. The molecule has 2 fully saturated rings. The van der Waals surface area contributed by atoms with E-state index >= 15 is 0 Å². The summed E-state index contributed by atoms with van der Waals surface area (Å²) in [5.41, 5.74) is 2.10. The number of aromatic amines is 1. The van der Waals surface area contributed by atoms with Crippen LogP contribution >= 0.6 is 0 Å². The summed E-state index contributed by atoms with van der Waals surface area (Å²) in [7, 11) is 0. The van der Waals surface area contributed by atoms with Gasteiger partial charge in [0.2, 0.25) is 0 Å². The number of H-pyrrole nitrogens is 1. The number of hydrogen-bond acceptors (Lipinski definition) is 7. The molecule has 0 aromatic carbocycles. The predicted molar refractivity (Wildman–Crippen MR) is 110 cm³/mol. The zero-order valence-corrected chi connectivity index (χ0v) is 17.2. The van der Waals surface area contributed by atoms with Crippen LogP contribution in [-0.4, -0.2) is 49.2 Å². The van der Waals surface area contributed by atoms with Crippen molar-refractivity contribution < 1.29 is 13.7 Å². The molecule has 158 valence electrons. The van der Waals surface area contributed by atoms with E-state index in [9.17, 15) is 4.79 Å². The lowest BCUT2D eigenvalue weighted by Gasteiger charge is -2.31. The summed E-state index contributed by atoms with van der Waals surface area (Å²) < 4.78 is 10.9. The fraction of sp³-hybridized carbons (Fsp3) is 0.409. The van der Waals surface area contributed by atoms with Crippen LogP contribution in [0.2, 0.25) is 0 Å². The third-order valence-corrected chi connectivity index (χ3v) is 6.25. The number of hydrogen-bond donors (Lipinski definition) is 1. The highest BCUT2D eigenvalue weighted by Crippen LogP contribution is 2.39. The van der Waals surface area contributed by atoms with Crippen molar-refractivity contribution in [3.63, 3.8) is 0 Å². The minimum Gasteiger partial charge on any atom is -0.463 e. The van der Waals surface area contributed by atoms with Crippen LogP contribution in [0.3, 0.4) is 0 Å². The summed E-state index contributed by atoms with van der Waals surface area (Å²) >= 11 is 0. The largest absolute Gasteiger partial charge is 0.463 e. The Morgan fingerprint density at radius 3 is 2.74 bits per heavy atom. The van der Waals surface area contributed by atoms with Crippen molar-refractivity contribution in [1.29, 1.82) is 0 Å². The molecule has 6 rings (SSSR count). The third-order valence-electron chi connectivity index (χ3n) is 6.25. The van der Waals surface area contributed by atoms with Gasteiger partial charge < -0.3 is 13.8 Å². The Kier molecular flexibility index (Phi) is 4.15. The van der Waals surface area contributed by atoms with E-state index in [2.05, 4.69) is 20.3 Å². The molecule has 1 N–H and O–H groups in total. The second-order valence-corrected chi connectivity index (χ2v) is 8.40. The number of aryl methyl sites for hydroxylation is 1. The second kappa shape index (κ2) is 7.04. The van der Waals surface area contributed by atoms with Gasteiger partial charge in [-0.1, -0.05) is 5.16 Å². The van der Waals surface area contributed by atoms with Crippen molar-refractivity contribution in [3.05, 3.63) is 47.4 Å². The predicted octanol–water partition coefficient (Wildman–Crippen LogP) is 3.81. The van der Waals surface area contributed by atoms with E-state index in [0.29, 0.717) is 58.7 Å². The molecule has 0 unspecified atom stereocenters. The Morgan fingerprint density at radius 1 is 1.16 bits per heavy atom. The average molecular weight is 418 g/mol. The Labute approximate surface area is 177 Å². The number of fused-ring (bicyclic) bond motifs is 1. The highest BCUT2D eigenvalue weighted by Gasteiger charge is 2.32. The number of likely N-dealkylation sites (tertiary alicyclic amines) is 1. The van der Waals surface area contributed by atoms with Crippen LogP contribution in [0.5, 0.6) is 0 Å². The first kappa shape index (κ1) is 18.3.